The van der Waals surface area contributed by atoms with E-state index < -0.39 is 10.1 Å². The summed E-state index contributed by atoms with van der Waals surface area (Å²) < 4.78 is 30.7. The monoisotopic (exact) mass is 419 g/mol. The van der Waals surface area contributed by atoms with Crippen LogP contribution in [0, 0.1) is 13.8 Å². The zero-order valence-electron chi connectivity index (χ0n) is 10.7. The fourth-order valence-electron chi connectivity index (χ4n) is 1.45. The van der Waals surface area contributed by atoms with Crippen LogP contribution in [0.25, 0.3) is 0 Å². The highest BCUT2D eigenvalue weighted by atomic mass is 79.9. The Bertz CT molecular complexity index is 743. The van der Waals surface area contributed by atoms with Crippen molar-refractivity contribution < 1.29 is 12.6 Å². The molecule has 0 bridgehead atoms. The Morgan fingerprint density at radius 3 is 2.25 bits per heavy atom. The molecule has 1 aromatic heterocycles. The summed E-state index contributed by atoms with van der Waals surface area (Å²) in [6, 6.07) is 8.13. The van der Waals surface area contributed by atoms with Gasteiger partial charge in [-0.1, -0.05) is 17.7 Å². The third-order valence-electron chi connectivity index (χ3n) is 2.57. The number of pyridine rings is 1. The van der Waals surface area contributed by atoms with Crippen molar-refractivity contribution in [2.75, 3.05) is 0 Å². The molecule has 0 aliphatic carbocycles. The van der Waals surface area contributed by atoms with Crippen molar-refractivity contribution in [3.05, 3.63) is 50.5 Å². The third-order valence-corrected chi connectivity index (χ3v) is 5.17. The number of aromatic nitrogens is 1. The lowest BCUT2D eigenvalue weighted by atomic mass is 10.2. The van der Waals surface area contributed by atoms with Gasteiger partial charge < -0.3 is 4.18 Å². The van der Waals surface area contributed by atoms with Gasteiger partial charge in [0.15, 0.2) is 0 Å². The number of rotatable bonds is 3. The van der Waals surface area contributed by atoms with Crippen LogP contribution >= 0.6 is 31.9 Å². The highest BCUT2D eigenvalue weighted by molar-refractivity contribution is 9.11. The summed E-state index contributed by atoms with van der Waals surface area (Å²) in [5.41, 5.74) is 1.62. The van der Waals surface area contributed by atoms with E-state index >= 15 is 0 Å². The standard InChI is InChI=1S/C13H11Br2NO3S/c1-8-3-5-10(6-4-8)20(17,18)19-13-12(15)7-11(14)9(2)16-13/h3-7H,1-2H3. The molecule has 2 aromatic rings. The molecule has 0 saturated carbocycles. The van der Waals surface area contributed by atoms with Crippen molar-refractivity contribution in [1.29, 1.82) is 0 Å². The lowest BCUT2D eigenvalue weighted by molar-refractivity contribution is 0.473. The van der Waals surface area contributed by atoms with E-state index in [1.165, 1.54) is 12.1 Å². The Balaban J connectivity index is 2.38. The minimum absolute atomic E-state index is 0.0197. The molecule has 0 unspecified atom stereocenters. The first-order chi connectivity index (χ1) is 9.29. The first-order valence-electron chi connectivity index (χ1n) is 5.63. The van der Waals surface area contributed by atoms with E-state index in [0.29, 0.717) is 10.2 Å². The van der Waals surface area contributed by atoms with Crippen molar-refractivity contribution in [2.24, 2.45) is 0 Å². The number of benzene rings is 1. The number of halogens is 2. The normalized spacial score (nSPS) is 11.4. The molecule has 2 rings (SSSR count). The topological polar surface area (TPSA) is 56.3 Å². The largest absolute Gasteiger partial charge is 0.357 e. The van der Waals surface area contributed by atoms with Crippen LogP contribution in [0.4, 0.5) is 0 Å². The summed E-state index contributed by atoms with van der Waals surface area (Å²) in [5, 5.41) is 0. The molecule has 0 aliphatic rings. The molecule has 1 heterocycles. The van der Waals surface area contributed by atoms with E-state index in [1.807, 2.05) is 6.92 Å². The lowest BCUT2D eigenvalue weighted by Gasteiger charge is -2.09. The van der Waals surface area contributed by atoms with Gasteiger partial charge in [0.25, 0.3) is 0 Å². The SMILES string of the molecule is Cc1ccc(S(=O)(=O)Oc2nc(C)c(Br)cc2Br)cc1. The van der Waals surface area contributed by atoms with Crippen LogP contribution in [0.2, 0.25) is 0 Å². The van der Waals surface area contributed by atoms with Gasteiger partial charge in [0, 0.05) is 4.47 Å². The molecule has 0 saturated heterocycles. The van der Waals surface area contributed by atoms with Gasteiger partial charge in [-0.2, -0.15) is 8.42 Å². The summed E-state index contributed by atoms with van der Waals surface area (Å²) in [6.07, 6.45) is 0. The summed E-state index contributed by atoms with van der Waals surface area (Å²) >= 11 is 6.55. The molecule has 0 amide bonds. The van der Waals surface area contributed by atoms with Crippen LogP contribution in [0.5, 0.6) is 5.88 Å². The maximum atomic E-state index is 12.2. The van der Waals surface area contributed by atoms with Crippen LogP contribution in [-0.2, 0) is 10.1 Å². The molecule has 0 fully saturated rings. The highest BCUT2D eigenvalue weighted by Gasteiger charge is 2.19. The molecule has 0 aliphatic heterocycles. The van der Waals surface area contributed by atoms with E-state index in [9.17, 15) is 8.42 Å². The predicted octanol–water partition coefficient (Wildman–Crippen LogP) is 3.99. The second-order valence-electron chi connectivity index (χ2n) is 4.19. The fourth-order valence-corrected chi connectivity index (χ4v) is 3.48. The van der Waals surface area contributed by atoms with Crippen LogP contribution in [0.15, 0.2) is 44.2 Å². The molecule has 0 N–H and O–H groups in total. The average molecular weight is 421 g/mol. The smallest absolute Gasteiger partial charge is 0.340 e. The van der Waals surface area contributed by atoms with Crippen LogP contribution in [-0.4, -0.2) is 13.4 Å². The molecule has 7 heteroatoms. The van der Waals surface area contributed by atoms with E-state index in [1.54, 1.807) is 25.1 Å². The van der Waals surface area contributed by atoms with Gasteiger partial charge in [-0.05, 0) is 63.9 Å². The van der Waals surface area contributed by atoms with E-state index in [0.717, 1.165) is 10.0 Å². The van der Waals surface area contributed by atoms with E-state index in [-0.39, 0.29) is 10.8 Å². The zero-order chi connectivity index (χ0) is 14.9. The van der Waals surface area contributed by atoms with Crippen molar-refractivity contribution >= 4 is 42.0 Å². The summed E-state index contributed by atoms with van der Waals surface area (Å²) in [4.78, 5) is 4.20. The summed E-state index contributed by atoms with van der Waals surface area (Å²) in [5.74, 6) is 0.0197. The van der Waals surface area contributed by atoms with Gasteiger partial charge in [0.2, 0.25) is 5.88 Å². The second kappa shape index (κ2) is 5.83. The minimum Gasteiger partial charge on any atom is -0.357 e. The van der Waals surface area contributed by atoms with Gasteiger partial charge in [-0.15, -0.1) is 0 Å². The first kappa shape index (κ1) is 15.5. The quantitative estimate of drug-likeness (QED) is 0.704. The minimum atomic E-state index is -3.89. The Hall–Kier alpha value is -0.920. The number of nitrogens with zero attached hydrogens (tertiary/aromatic N) is 1. The van der Waals surface area contributed by atoms with Crippen LogP contribution < -0.4 is 4.18 Å². The molecule has 0 radical (unpaired) electrons. The summed E-state index contributed by atoms with van der Waals surface area (Å²) in [6.45, 7) is 3.63. The van der Waals surface area contributed by atoms with Crippen molar-refractivity contribution in [1.82, 2.24) is 4.98 Å². The lowest BCUT2D eigenvalue weighted by Crippen LogP contribution is -2.11. The Labute approximate surface area is 134 Å². The second-order valence-corrected chi connectivity index (χ2v) is 7.45. The molecule has 4 nitrogen and oxygen atoms in total. The van der Waals surface area contributed by atoms with Gasteiger partial charge in [0.05, 0.1) is 10.2 Å². The van der Waals surface area contributed by atoms with Crippen molar-refractivity contribution in [2.45, 2.75) is 18.7 Å². The van der Waals surface area contributed by atoms with Gasteiger partial charge in [-0.3, -0.25) is 0 Å². The van der Waals surface area contributed by atoms with Crippen LogP contribution in [0.1, 0.15) is 11.3 Å². The van der Waals surface area contributed by atoms with E-state index in [4.69, 9.17) is 4.18 Å². The molecule has 106 valence electrons. The zero-order valence-corrected chi connectivity index (χ0v) is 14.7. The number of hydrogen-bond donors (Lipinski definition) is 0. The van der Waals surface area contributed by atoms with Crippen LogP contribution in [0.3, 0.4) is 0 Å². The first-order valence-corrected chi connectivity index (χ1v) is 8.63. The summed E-state index contributed by atoms with van der Waals surface area (Å²) in [7, 11) is -3.89. The van der Waals surface area contributed by atoms with Gasteiger partial charge in [-0.25, -0.2) is 4.98 Å². The Morgan fingerprint density at radius 1 is 1.05 bits per heavy atom. The Morgan fingerprint density at radius 2 is 1.65 bits per heavy atom. The van der Waals surface area contributed by atoms with E-state index in [2.05, 4.69) is 36.8 Å². The number of aryl methyl sites for hydroxylation is 2. The number of hydrogen-bond acceptors (Lipinski definition) is 4. The Kier molecular flexibility index (Phi) is 4.51. The highest BCUT2D eigenvalue weighted by Crippen LogP contribution is 2.30. The maximum absolute atomic E-state index is 12.2. The fraction of sp³-hybridized carbons (Fsp3) is 0.154. The van der Waals surface area contributed by atoms with Gasteiger partial charge in [0.1, 0.15) is 4.90 Å². The van der Waals surface area contributed by atoms with Crippen molar-refractivity contribution in [3.8, 4) is 5.88 Å². The molecule has 1 aromatic carbocycles. The molecule has 0 atom stereocenters. The molecular weight excluding hydrogens is 410 g/mol. The maximum Gasteiger partial charge on any atom is 0.340 e. The average Bonchev–Trinajstić information content (AvgIpc) is 2.36. The van der Waals surface area contributed by atoms with Crippen molar-refractivity contribution in [3.63, 3.8) is 0 Å². The van der Waals surface area contributed by atoms with Gasteiger partial charge >= 0.3 is 10.1 Å². The predicted molar refractivity (Wildman–Crippen MR) is 83.4 cm³/mol. The molecular formula is C13H11Br2NO3S. The molecule has 0 spiro atoms. The third kappa shape index (κ3) is 3.39. The molecule has 20 heavy (non-hydrogen) atoms.